The van der Waals surface area contributed by atoms with Crippen LogP contribution in [-0.2, 0) is 10.0 Å². The Labute approximate surface area is 113 Å². The average Bonchev–Trinajstić information content (AvgIpc) is 2.37. The highest BCUT2D eigenvalue weighted by Gasteiger charge is 2.17. The standard InChI is InChI=1S/C12H19NO3S2/c1-2-8-13-18(15,16)12-7-4-3-6-11(12)17-10-5-9-14/h3-4,6-7,13-14H,2,5,8-10H2,1H3. The van der Waals surface area contributed by atoms with Crippen LogP contribution in [0.2, 0.25) is 0 Å². The Kier molecular flexibility index (Phi) is 6.70. The molecule has 0 aliphatic rings. The maximum Gasteiger partial charge on any atom is 0.241 e. The summed E-state index contributed by atoms with van der Waals surface area (Å²) in [7, 11) is -3.42. The lowest BCUT2D eigenvalue weighted by molar-refractivity contribution is 0.296. The summed E-state index contributed by atoms with van der Waals surface area (Å²) in [5.74, 6) is 0.705. The number of sulfonamides is 1. The smallest absolute Gasteiger partial charge is 0.241 e. The first-order chi connectivity index (χ1) is 8.61. The summed E-state index contributed by atoms with van der Waals surface area (Å²) in [6.45, 7) is 2.48. The molecule has 102 valence electrons. The van der Waals surface area contributed by atoms with E-state index in [2.05, 4.69) is 4.72 Å². The highest BCUT2D eigenvalue weighted by molar-refractivity contribution is 8.00. The Bertz CT molecular complexity index is 460. The molecule has 1 aromatic rings. The van der Waals surface area contributed by atoms with Crippen LogP contribution in [0, 0.1) is 0 Å². The predicted molar refractivity (Wildman–Crippen MR) is 74.3 cm³/mol. The SMILES string of the molecule is CCCNS(=O)(=O)c1ccccc1SCCCO. The van der Waals surface area contributed by atoms with Crippen LogP contribution < -0.4 is 4.72 Å². The molecule has 0 atom stereocenters. The Morgan fingerprint density at radius 1 is 1.33 bits per heavy atom. The normalized spacial score (nSPS) is 11.7. The zero-order valence-corrected chi connectivity index (χ0v) is 12.1. The lowest BCUT2D eigenvalue weighted by Crippen LogP contribution is -2.24. The summed E-state index contributed by atoms with van der Waals surface area (Å²) >= 11 is 1.45. The molecule has 0 amide bonds. The summed E-state index contributed by atoms with van der Waals surface area (Å²) in [4.78, 5) is 1.05. The van der Waals surface area contributed by atoms with Gasteiger partial charge in [0.1, 0.15) is 0 Å². The quantitative estimate of drug-likeness (QED) is 0.566. The van der Waals surface area contributed by atoms with E-state index in [1.54, 1.807) is 18.2 Å². The van der Waals surface area contributed by atoms with E-state index in [1.807, 2.05) is 13.0 Å². The molecule has 0 unspecified atom stereocenters. The van der Waals surface area contributed by atoms with E-state index >= 15 is 0 Å². The van der Waals surface area contributed by atoms with Crippen LogP contribution in [0.1, 0.15) is 19.8 Å². The van der Waals surface area contributed by atoms with Crippen LogP contribution in [0.3, 0.4) is 0 Å². The molecule has 0 spiro atoms. The highest BCUT2D eigenvalue weighted by Crippen LogP contribution is 2.26. The fourth-order valence-corrected chi connectivity index (χ4v) is 3.96. The number of aliphatic hydroxyl groups excluding tert-OH is 1. The van der Waals surface area contributed by atoms with Crippen molar-refractivity contribution in [1.29, 1.82) is 0 Å². The molecular formula is C12H19NO3S2. The van der Waals surface area contributed by atoms with Gasteiger partial charge in [-0.2, -0.15) is 0 Å². The Hall–Kier alpha value is -0.560. The summed E-state index contributed by atoms with van der Waals surface area (Å²) in [6, 6.07) is 6.94. The van der Waals surface area contributed by atoms with Gasteiger partial charge >= 0.3 is 0 Å². The minimum Gasteiger partial charge on any atom is -0.396 e. The van der Waals surface area contributed by atoms with Gasteiger partial charge in [-0.15, -0.1) is 11.8 Å². The maximum absolute atomic E-state index is 12.1. The van der Waals surface area contributed by atoms with E-state index in [0.29, 0.717) is 23.6 Å². The van der Waals surface area contributed by atoms with Crippen molar-refractivity contribution in [3.05, 3.63) is 24.3 Å². The number of hydrogen-bond donors (Lipinski definition) is 2. The molecule has 4 nitrogen and oxygen atoms in total. The van der Waals surface area contributed by atoms with Crippen molar-refractivity contribution in [1.82, 2.24) is 4.72 Å². The Balaban J connectivity index is 2.87. The number of nitrogens with one attached hydrogen (secondary N) is 1. The molecule has 0 bridgehead atoms. The van der Waals surface area contributed by atoms with Crippen molar-refractivity contribution in [2.24, 2.45) is 0 Å². The van der Waals surface area contributed by atoms with E-state index < -0.39 is 10.0 Å². The molecule has 18 heavy (non-hydrogen) atoms. The molecule has 0 fully saturated rings. The van der Waals surface area contributed by atoms with Crippen LogP contribution in [0.5, 0.6) is 0 Å². The van der Waals surface area contributed by atoms with Crippen molar-refractivity contribution in [3.8, 4) is 0 Å². The van der Waals surface area contributed by atoms with Gasteiger partial charge in [-0.05, 0) is 25.0 Å². The zero-order chi connectivity index (χ0) is 13.4. The second kappa shape index (κ2) is 7.78. The van der Waals surface area contributed by atoms with Crippen LogP contribution in [0.4, 0.5) is 0 Å². The molecule has 2 N–H and O–H groups in total. The fourth-order valence-electron chi connectivity index (χ4n) is 1.35. The average molecular weight is 289 g/mol. The number of benzene rings is 1. The fraction of sp³-hybridized carbons (Fsp3) is 0.500. The monoisotopic (exact) mass is 289 g/mol. The van der Waals surface area contributed by atoms with Gasteiger partial charge < -0.3 is 5.11 Å². The van der Waals surface area contributed by atoms with Gasteiger partial charge in [0.25, 0.3) is 0 Å². The van der Waals surface area contributed by atoms with Crippen LogP contribution in [0.25, 0.3) is 0 Å². The van der Waals surface area contributed by atoms with Gasteiger partial charge in [0.05, 0.1) is 4.90 Å². The van der Waals surface area contributed by atoms with E-state index in [1.165, 1.54) is 11.8 Å². The van der Waals surface area contributed by atoms with E-state index in [-0.39, 0.29) is 6.61 Å². The predicted octanol–water partition coefficient (Wildman–Crippen LogP) is 1.85. The second-order valence-electron chi connectivity index (χ2n) is 3.77. The topological polar surface area (TPSA) is 66.4 Å². The van der Waals surface area contributed by atoms with Crippen LogP contribution in [0.15, 0.2) is 34.1 Å². The van der Waals surface area contributed by atoms with Gasteiger partial charge in [0, 0.05) is 23.8 Å². The minimum atomic E-state index is -3.42. The third-order valence-electron chi connectivity index (χ3n) is 2.24. The van der Waals surface area contributed by atoms with Crippen molar-refractivity contribution in [2.75, 3.05) is 18.9 Å². The lowest BCUT2D eigenvalue weighted by Gasteiger charge is -2.10. The van der Waals surface area contributed by atoms with E-state index in [0.717, 1.165) is 11.3 Å². The molecule has 6 heteroatoms. The third kappa shape index (κ3) is 4.61. The summed E-state index contributed by atoms with van der Waals surface area (Å²) in [5, 5.41) is 8.75. The molecule has 0 saturated heterocycles. The molecular weight excluding hydrogens is 270 g/mol. The van der Waals surface area contributed by atoms with Crippen LogP contribution in [-0.4, -0.2) is 32.4 Å². The van der Waals surface area contributed by atoms with Crippen molar-refractivity contribution in [2.45, 2.75) is 29.6 Å². The third-order valence-corrected chi connectivity index (χ3v) is 5.05. The Morgan fingerprint density at radius 3 is 2.72 bits per heavy atom. The summed E-state index contributed by atoms with van der Waals surface area (Å²) < 4.78 is 26.7. The lowest BCUT2D eigenvalue weighted by atomic mass is 10.4. The Morgan fingerprint density at radius 2 is 2.06 bits per heavy atom. The molecule has 0 aromatic heterocycles. The van der Waals surface area contributed by atoms with Gasteiger partial charge in [-0.1, -0.05) is 19.1 Å². The molecule has 1 rings (SSSR count). The largest absolute Gasteiger partial charge is 0.396 e. The first-order valence-corrected chi connectivity index (χ1v) is 8.41. The van der Waals surface area contributed by atoms with Gasteiger partial charge in [0.15, 0.2) is 0 Å². The van der Waals surface area contributed by atoms with Gasteiger partial charge in [-0.3, -0.25) is 0 Å². The van der Waals surface area contributed by atoms with Crippen molar-refractivity contribution < 1.29 is 13.5 Å². The summed E-state index contributed by atoms with van der Waals surface area (Å²) in [6.07, 6.45) is 1.42. The second-order valence-corrected chi connectivity index (χ2v) is 6.64. The van der Waals surface area contributed by atoms with Gasteiger partial charge in [0.2, 0.25) is 10.0 Å². The first-order valence-electron chi connectivity index (χ1n) is 5.94. The summed E-state index contributed by atoms with van der Waals surface area (Å²) in [5.41, 5.74) is 0. The number of aliphatic hydroxyl groups is 1. The molecule has 0 radical (unpaired) electrons. The molecule has 1 aromatic carbocycles. The highest BCUT2D eigenvalue weighted by atomic mass is 32.2. The van der Waals surface area contributed by atoms with Crippen molar-refractivity contribution >= 4 is 21.8 Å². The van der Waals surface area contributed by atoms with Crippen LogP contribution >= 0.6 is 11.8 Å². The molecule has 0 saturated carbocycles. The molecule has 0 heterocycles. The van der Waals surface area contributed by atoms with Crippen molar-refractivity contribution in [3.63, 3.8) is 0 Å². The van der Waals surface area contributed by atoms with E-state index in [4.69, 9.17) is 5.11 Å². The number of rotatable bonds is 8. The minimum absolute atomic E-state index is 0.121. The zero-order valence-electron chi connectivity index (χ0n) is 10.4. The number of hydrogen-bond acceptors (Lipinski definition) is 4. The van der Waals surface area contributed by atoms with Gasteiger partial charge in [-0.25, -0.2) is 13.1 Å². The molecule has 0 aliphatic carbocycles. The maximum atomic E-state index is 12.1. The molecule has 0 aliphatic heterocycles. The van der Waals surface area contributed by atoms with E-state index in [9.17, 15) is 8.42 Å². The first kappa shape index (κ1) is 15.5. The number of thioether (sulfide) groups is 1.